The Balaban J connectivity index is 1.71. The fraction of sp³-hybridized carbons (Fsp3) is 0.571. The summed E-state index contributed by atoms with van der Waals surface area (Å²) in [6.45, 7) is 8.44. The zero-order valence-corrected chi connectivity index (χ0v) is 10.4. The molecule has 2 saturated heterocycles. The van der Waals surface area contributed by atoms with E-state index in [1.807, 2.05) is 0 Å². The van der Waals surface area contributed by atoms with E-state index in [1.54, 1.807) is 0 Å². The molecule has 3 heteroatoms. The molecule has 0 aliphatic carbocycles. The normalized spacial score (nSPS) is 25.7. The molecule has 1 aromatic rings. The van der Waals surface area contributed by atoms with Crippen molar-refractivity contribution in [2.75, 3.05) is 44.3 Å². The van der Waals surface area contributed by atoms with E-state index in [0.29, 0.717) is 6.04 Å². The van der Waals surface area contributed by atoms with Crippen molar-refractivity contribution in [2.24, 2.45) is 0 Å². The highest BCUT2D eigenvalue weighted by Crippen LogP contribution is 2.21. The van der Waals surface area contributed by atoms with Gasteiger partial charge in [0.15, 0.2) is 0 Å². The first-order valence-electron chi connectivity index (χ1n) is 6.46. The lowest BCUT2D eigenvalue weighted by Gasteiger charge is -2.44. The predicted molar refractivity (Wildman–Crippen MR) is 69.6 cm³/mol. The number of ether oxygens (including phenoxy) is 1. The van der Waals surface area contributed by atoms with Crippen molar-refractivity contribution in [3.63, 3.8) is 0 Å². The lowest BCUT2D eigenvalue weighted by molar-refractivity contribution is -0.0116. The maximum atomic E-state index is 5.57. The number of rotatable bonds is 1. The molecular weight excluding hydrogens is 212 g/mol. The van der Waals surface area contributed by atoms with Gasteiger partial charge in [-0.25, -0.2) is 0 Å². The maximum Gasteiger partial charge on any atom is 0.0639 e. The molecule has 2 fully saturated rings. The van der Waals surface area contributed by atoms with Crippen molar-refractivity contribution >= 4 is 5.69 Å². The molecule has 2 aliphatic heterocycles. The molecule has 0 bridgehead atoms. The van der Waals surface area contributed by atoms with Crippen LogP contribution in [-0.4, -0.2) is 50.3 Å². The van der Waals surface area contributed by atoms with Crippen LogP contribution in [0, 0.1) is 6.92 Å². The SMILES string of the molecule is Cc1ccc(N2CCN3CCOC[C@@H]3C2)cc1. The largest absolute Gasteiger partial charge is 0.378 e. The first-order valence-corrected chi connectivity index (χ1v) is 6.46. The number of hydrogen-bond donors (Lipinski definition) is 0. The monoisotopic (exact) mass is 232 g/mol. The molecule has 3 rings (SSSR count). The third kappa shape index (κ3) is 2.31. The maximum absolute atomic E-state index is 5.57. The van der Waals surface area contributed by atoms with Gasteiger partial charge in [-0.3, -0.25) is 4.90 Å². The molecular formula is C14H20N2O. The second kappa shape index (κ2) is 4.67. The first-order chi connectivity index (χ1) is 8.33. The van der Waals surface area contributed by atoms with Gasteiger partial charge in [-0.1, -0.05) is 17.7 Å². The number of nitrogens with zero attached hydrogens (tertiary/aromatic N) is 2. The second-order valence-electron chi connectivity index (χ2n) is 5.05. The van der Waals surface area contributed by atoms with E-state index in [0.717, 1.165) is 32.8 Å². The van der Waals surface area contributed by atoms with Crippen LogP contribution in [0.4, 0.5) is 5.69 Å². The highest BCUT2D eigenvalue weighted by Gasteiger charge is 2.29. The Morgan fingerprint density at radius 1 is 1.12 bits per heavy atom. The van der Waals surface area contributed by atoms with E-state index >= 15 is 0 Å². The van der Waals surface area contributed by atoms with Gasteiger partial charge in [-0.05, 0) is 19.1 Å². The summed E-state index contributed by atoms with van der Waals surface area (Å²) in [6, 6.07) is 9.43. The minimum atomic E-state index is 0.582. The number of piperazine rings is 1. The van der Waals surface area contributed by atoms with E-state index in [-0.39, 0.29) is 0 Å². The Morgan fingerprint density at radius 3 is 2.76 bits per heavy atom. The molecule has 2 heterocycles. The van der Waals surface area contributed by atoms with E-state index in [9.17, 15) is 0 Å². The molecule has 1 atom stereocenters. The topological polar surface area (TPSA) is 15.7 Å². The Hall–Kier alpha value is -1.06. The Kier molecular flexibility index (Phi) is 3.04. The highest BCUT2D eigenvalue weighted by atomic mass is 16.5. The van der Waals surface area contributed by atoms with Crippen molar-refractivity contribution in [1.82, 2.24) is 4.90 Å². The molecule has 0 radical (unpaired) electrons. The van der Waals surface area contributed by atoms with Crippen LogP contribution < -0.4 is 4.90 Å². The van der Waals surface area contributed by atoms with Crippen LogP contribution in [0.3, 0.4) is 0 Å². The van der Waals surface area contributed by atoms with Crippen LogP contribution in [0.1, 0.15) is 5.56 Å². The van der Waals surface area contributed by atoms with Crippen molar-refractivity contribution in [1.29, 1.82) is 0 Å². The predicted octanol–water partition coefficient (Wildman–Crippen LogP) is 1.52. The first kappa shape index (κ1) is 11.1. The van der Waals surface area contributed by atoms with E-state index in [2.05, 4.69) is 41.0 Å². The summed E-state index contributed by atoms with van der Waals surface area (Å²) in [6.07, 6.45) is 0. The average Bonchev–Trinajstić information content (AvgIpc) is 2.39. The Labute approximate surface area is 103 Å². The van der Waals surface area contributed by atoms with Crippen LogP contribution >= 0.6 is 0 Å². The van der Waals surface area contributed by atoms with Crippen LogP contribution in [0.5, 0.6) is 0 Å². The van der Waals surface area contributed by atoms with Crippen molar-refractivity contribution in [3.8, 4) is 0 Å². The van der Waals surface area contributed by atoms with Gasteiger partial charge in [0.2, 0.25) is 0 Å². The van der Waals surface area contributed by atoms with Crippen LogP contribution in [-0.2, 0) is 4.74 Å². The standard InChI is InChI=1S/C14H20N2O/c1-12-2-4-13(5-3-12)16-7-6-15-8-9-17-11-14(15)10-16/h2-5,14H,6-11H2,1H3/t14-/m0/s1. The van der Waals surface area contributed by atoms with Gasteiger partial charge in [-0.15, -0.1) is 0 Å². The van der Waals surface area contributed by atoms with Crippen molar-refractivity contribution < 1.29 is 4.74 Å². The minimum Gasteiger partial charge on any atom is -0.378 e. The lowest BCUT2D eigenvalue weighted by Crippen LogP contribution is -2.58. The quantitative estimate of drug-likeness (QED) is 0.730. The van der Waals surface area contributed by atoms with Gasteiger partial charge in [0, 0.05) is 31.9 Å². The molecule has 0 N–H and O–H groups in total. The van der Waals surface area contributed by atoms with Gasteiger partial charge in [-0.2, -0.15) is 0 Å². The zero-order valence-electron chi connectivity index (χ0n) is 10.4. The molecule has 1 aromatic carbocycles. The van der Waals surface area contributed by atoms with Crippen LogP contribution in [0.15, 0.2) is 24.3 Å². The molecule has 0 saturated carbocycles. The third-order valence-electron chi connectivity index (χ3n) is 3.84. The number of aryl methyl sites for hydroxylation is 1. The molecule has 2 aliphatic rings. The lowest BCUT2D eigenvalue weighted by atomic mass is 10.1. The summed E-state index contributed by atoms with van der Waals surface area (Å²) in [5, 5.41) is 0. The fourth-order valence-electron chi connectivity index (χ4n) is 2.74. The average molecular weight is 232 g/mol. The summed E-state index contributed by atoms with van der Waals surface area (Å²) in [7, 11) is 0. The van der Waals surface area contributed by atoms with Gasteiger partial charge >= 0.3 is 0 Å². The number of benzene rings is 1. The fourth-order valence-corrected chi connectivity index (χ4v) is 2.74. The zero-order chi connectivity index (χ0) is 11.7. The van der Waals surface area contributed by atoms with Gasteiger partial charge in [0.05, 0.1) is 19.3 Å². The van der Waals surface area contributed by atoms with Gasteiger partial charge < -0.3 is 9.64 Å². The number of morpholine rings is 1. The van der Waals surface area contributed by atoms with Gasteiger partial charge in [0.1, 0.15) is 0 Å². The highest BCUT2D eigenvalue weighted by molar-refractivity contribution is 5.48. The van der Waals surface area contributed by atoms with Gasteiger partial charge in [0.25, 0.3) is 0 Å². The summed E-state index contributed by atoms with van der Waals surface area (Å²) in [5.41, 5.74) is 2.68. The van der Waals surface area contributed by atoms with Crippen molar-refractivity contribution in [3.05, 3.63) is 29.8 Å². The van der Waals surface area contributed by atoms with Crippen molar-refractivity contribution in [2.45, 2.75) is 13.0 Å². The Morgan fingerprint density at radius 2 is 1.94 bits per heavy atom. The summed E-state index contributed by atoms with van der Waals surface area (Å²) in [4.78, 5) is 5.05. The molecule has 17 heavy (non-hydrogen) atoms. The molecule has 3 nitrogen and oxygen atoms in total. The van der Waals surface area contributed by atoms with E-state index in [4.69, 9.17) is 4.74 Å². The molecule has 0 aromatic heterocycles. The second-order valence-corrected chi connectivity index (χ2v) is 5.05. The number of fused-ring (bicyclic) bond motifs is 1. The molecule has 0 unspecified atom stereocenters. The number of anilines is 1. The van der Waals surface area contributed by atoms with Crippen LogP contribution in [0.25, 0.3) is 0 Å². The smallest absolute Gasteiger partial charge is 0.0639 e. The Bertz CT molecular complexity index is 376. The third-order valence-corrected chi connectivity index (χ3v) is 3.84. The van der Waals surface area contributed by atoms with Crippen LogP contribution in [0.2, 0.25) is 0 Å². The number of hydrogen-bond acceptors (Lipinski definition) is 3. The summed E-state index contributed by atoms with van der Waals surface area (Å²) < 4.78 is 5.57. The molecule has 0 amide bonds. The summed E-state index contributed by atoms with van der Waals surface area (Å²) in [5.74, 6) is 0. The summed E-state index contributed by atoms with van der Waals surface area (Å²) >= 11 is 0. The minimum absolute atomic E-state index is 0.582. The van der Waals surface area contributed by atoms with E-state index in [1.165, 1.54) is 17.8 Å². The molecule has 92 valence electrons. The van der Waals surface area contributed by atoms with E-state index < -0.39 is 0 Å². The molecule has 0 spiro atoms.